The molecule has 0 aliphatic rings. The third kappa shape index (κ3) is 5.75. The summed E-state index contributed by atoms with van der Waals surface area (Å²) in [5, 5.41) is 2.70. The Kier molecular flexibility index (Phi) is 7.48. The number of carbonyl (C=O) groups excluding carboxylic acids is 3. The van der Waals surface area contributed by atoms with Gasteiger partial charge in [-0.15, -0.1) is 0 Å². The minimum Gasteiger partial charge on any atom is -0.463 e. The van der Waals surface area contributed by atoms with E-state index in [2.05, 4.69) is 16.2 Å². The van der Waals surface area contributed by atoms with Crippen molar-refractivity contribution in [2.75, 3.05) is 11.9 Å². The summed E-state index contributed by atoms with van der Waals surface area (Å²) in [6, 6.07) is 6.49. The Balaban J connectivity index is 2.63. The molecule has 0 atom stereocenters. The zero-order valence-electron chi connectivity index (χ0n) is 14.4. The first-order valence-electron chi connectivity index (χ1n) is 7.69. The van der Waals surface area contributed by atoms with Crippen LogP contribution in [0, 0.1) is 0 Å². The topological polar surface area (TPSA) is 96.5 Å². The summed E-state index contributed by atoms with van der Waals surface area (Å²) in [5.41, 5.74) is 7.11. The molecule has 24 heavy (non-hydrogen) atoms. The molecule has 1 aromatic rings. The molecule has 3 N–H and O–H groups in total. The van der Waals surface area contributed by atoms with Gasteiger partial charge < -0.3 is 15.5 Å². The smallest absolute Gasteiger partial charge is 0.335 e. The Hall–Kier alpha value is -2.83. The molecule has 0 aliphatic carbocycles. The van der Waals surface area contributed by atoms with Gasteiger partial charge in [0.1, 0.15) is 0 Å². The van der Waals surface area contributed by atoms with Crippen molar-refractivity contribution < 1.29 is 19.1 Å². The monoisotopic (exact) mass is 333 g/mol. The van der Waals surface area contributed by atoms with Crippen LogP contribution in [-0.4, -0.2) is 24.4 Å². The Morgan fingerprint density at radius 1 is 1.00 bits per heavy atom. The van der Waals surface area contributed by atoms with Crippen molar-refractivity contribution in [3.05, 3.63) is 41.1 Å². The number of hydrazine groups is 1. The lowest BCUT2D eigenvalue weighted by molar-refractivity contribution is -0.138. The highest BCUT2D eigenvalue weighted by Gasteiger charge is 2.10. The molecule has 2 amide bonds. The second-order valence-corrected chi connectivity index (χ2v) is 5.03. The third-order valence-corrected chi connectivity index (χ3v) is 3.26. The number of benzene rings is 1. The van der Waals surface area contributed by atoms with Crippen molar-refractivity contribution in [3.8, 4) is 0 Å². The molecule has 0 aromatic heterocycles. The van der Waals surface area contributed by atoms with Crippen molar-refractivity contribution in [3.63, 3.8) is 0 Å². The highest BCUT2D eigenvalue weighted by atomic mass is 16.5. The summed E-state index contributed by atoms with van der Waals surface area (Å²) in [4.78, 5) is 34.9. The average Bonchev–Trinajstić information content (AvgIpc) is 2.59. The van der Waals surface area contributed by atoms with E-state index in [-0.39, 0.29) is 18.4 Å². The average molecular weight is 333 g/mol. The fraction of sp³-hybridized carbons (Fsp3) is 0.353. The van der Waals surface area contributed by atoms with E-state index >= 15 is 0 Å². The number of hydrogen-bond donors (Lipinski definition) is 3. The van der Waals surface area contributed by atoms with Crippen LogP contribution in [0.25, 0.3) is 0 Å². The Morgan fingerprint density at radius 3 is 2.17 bits per heavy atom. The third-order valence-electron chi connectivity index (χ3n) is 3.26. The van der Waals surface area contributed by atoms with Gasteiger partial charge in [-0.2, -0.15) is 0 Å². The van der Waals surface area contributed by atoms with E-state index in [9.17, 15) is 14.4 Å². The van der Waals surface area contributed by atoms with Gasteiger partial charge in [0.2, 0.25) is 5.91 Å². The molecule has 0 bridgehead atoms. The lowest BCUT2D eigenvalue weighted by atomic mass is 10.2. The molecule has 0 spiro atoms. The first-order valence-corrected chi connectivity index (χ1v) is 7.69. The van der Waals surface area contributed by atoms with Crippen LogP contribution in [0.2, 0.25) is 0 Å². The summed E-state index contributed by atoms with van der Waals surface area (Å²) in [6.07, 6.45) is 0.386. The van der Waals surface area contributed by atoms with E-state index in [1.807, 2.05) is 0 Å². The van der Waals surface area contributed by atoms with Crippen molar-refractivity contribution >= 4 is 23.5 Å². The maximum absolute atomic E-state index is 12.1. The summed E-state index contributed by atoms with van der Waals surface area (Å²) in [6.45, 7) is 7.05. The van der Waals surface area contributed by atoms with E-state index in [1.54, 1.807) is 52.0 Å². The molecule has 1 aromatic carbocycles. The largest absolute Gasteiger partial charge is 0.463 e. The molecule has 130 valence electrons. The number of anilines is 1. The van der Waals surface area contributed by atoms with Gasteiger partial charge in [-0.05, 0) is 45.0 Å². The van der Waals surface area contributed by atoms with Crippen molar-refractivity contribution in [2.45, 2.75) is 34.1 Å². The molecule has 7 nitrogen and oxygen atoms in total. The number of allylic oxidation sites excluding steroid dienone is 1. The Morgan fingerprint density at radius 2 is 1.62 bits per heavy atom. The van der Waals surface area contributed by atoms with Gasteiger partial charge in [-0.1, -0.05) is 6.92 Å². The zero-order chi connectivity index (χ0) is 18.1. The van der Waals surface area contributed by atoms with Gasteiger partial charge in [-0.25, -0.2) is 4.79 Å². The molecular weight excluding hydrogens is 310 g/mol. The Bertz CT molecular complexity index is 636. The second-order valence-electron chi connectivity index (χ2n) is 5.03. The number of esters is 1. The minimum atomic E-state index is -0.437. The predicted octanol–water partition coefficient (Wildman–Crippen LogP) is 2.13. The fourth-order valence-electron chi connectivity index (χ4n) is 1.66. The van der Waals surface area contributed by atoms with Gasteiger partial charge in [0, 0.05) is 23.4 Å². The van der Waals surface area contributed by atoms with E-state index in [0.717, 1.165) is 0 Å². The summed E-state index contributed by atoms with van der Waals surface area (Å²) in [7, 11) is 0. The Labute approximate surface area is 141 Å². The SMILES string of the molecule is CCOC(=O)/C(C)=C(\C)NNC(=O)c1ccc(NC(=O)CC)cc1. The van der Waals surface area contributed by atoms with Crippen LogP contribution < -0.4 is 16.2 Å². The molecule has 0 radical (unpaired) electrons. The molecule has 0 fully saturated rings. The van der Waals surface area contributed by atoms with Gasteiger partial charge in [0.05, 0.1) is 12.2 Å². The van der Waals surface area contributed by atoms with Gasteiger partial charge in [-0.3, -0.25) is 15.0 Å². The summed E-state index contributed by atoms with van der Waals surface area (Å²) < 4.78 is 4.89. The van der Waals surface area contributed by atoms with E-state index in [4.69, 9.17) is 4.74 Å². The molecule has 1 rings (SSSR count). The maximum Gasteiger partial charge on any atom is 0.335 e. The summed E-state index contributed by atoms with van der Waals surface area (Å²) >= 11 is 0. The standard InChI is InChI=1S/C17H23N3O4/c1-5-15(21)18-14-9-7-13(8-10-14)16(22)20-19-12(4)11(3)17(23)24-6-2/h7-10,19H,5-6H2,1-4H3,(H,18,21)(H,20,22)/b12-11+. The fourth-order valence-corrected chi connectivity index (χ4v) is 1.66. The van der Waals surface area contributed by atoms with Gasteiger partial charge >= 0.3 is 5.97 Å². The summed E-state index contributed by atoms with van der Waals surface area (Å²) in [5.74, 6) is -0.892. The highest BCUT2D eigenvalue weighted by Crippen LogP contribution is 2.10. The lowest BCUT2D eigenvalue weighted by Crippen LogP contribution is -2.37. The normalized spacial score (nSPS) is 11.2. The zero-order valence-corrected chi connectivity index (χ0v) is 14.4. The minimum absolute atomic E-state index is 0.0935. The number of amides is 2. The predicted molar refractivity (Wildman–Crippen MR) is 91.0 cm³/mol. The van der Waals surface area contributed by atoms with Crippen LogP contribution in [0.1, 0.15) is 44.5 Å². The first-order chi connectivity index (χ1) is 11.4. The van der Waals surface area contributed by atoms with Crippen LogP contribution in [0.3, 0.4) is 0 Å². The first kappa shape index (κ1) is 19.2. The lowest BCUT2D eigenvalue weighted by Gasteiger charge is -2.12. The van der Waals surface area contributed by atoms with Crippen molar-refractivity contribution in [1.82, 2.24) is 10.9 Å². The van der Waals surface area contributed by atoms with Gasteiger partial charge in [0.15, 0.2) is 0 Å². The highest BCUT2D eigenvalue weighted by molar-refractivity contribution is 5.95. The van der Waals surface area contributed by atoms with E-state index in [1.165, 1.54) is 0 Å². The molecule has 0 saturated carbocycles. The second kappa shape index (κ2) is 9.34. The van der Waals surface area contributed by atoms with Crippen LogP contribution in [0.15, 0.2) is 35.5 Å². The molecule has 0 saturated heterocycles. The van der Waals surface area contributed by atoms with E-state index in [0.29, 0.717) is 28.9 Å². The molecule has 7 heteroatoms. The van der Waals surface area contributed by atoms with Crippen LogP contribution >= 0.6 is 0 Å². The molecular formula is C17H23N3O4. The van der Waals surface area contributed by atoms with Crippen LogP contribution in [-0.2, 0) is 14.3 Å². The maximum atomic E-state index is 12.1. The quantitative estimate of drug-likeness (QED) is 0.403. The molecule has 0 unspecified atom stereocenters. The van der Waals surface area contributed by atoms with Gasteiger partial charge in [0.25, 0.3) is 5.91 Å². The van der Waals surface area contributed by atoms with Crippen LogP contribution in [0.4, 0.5) is 5.69 Å². The number of carbonyl (C=O) groups is 3. The van der Waals surface area contributed by atoms with Crippen molar-refractivity contribution in [2.24, 2.45) is 0 Å². The number of rotatable bonds is 7. The number of nitrogens with one attached hydrogen (secondary N) is 3. The van der Waals surface area contributed by atoms with E-state index < -0.39 is 5.97 Å². The number of ether oxygens (including phenoxy) is 1. The van der Waals surface area contributed by atoms with Crippen molar-refractivity contribution in [1.29, 1.82) is 0 Å². The molecule has 0 heterocycles. The van der Waals surface area contributed by atoms with Crippen LogP contribution in [0.5, 0.6) is 0 Å². The number of hydrogen-bond acceptors (Lipinski definition) is 5. The molecule has 0 aliphatic heterocycles.